The van der Waals surface area contributed by atoms with Crippen molar-refractivity contribution >= 4 is 17.9 Å². The van der Waals surface area contributed by atoms with Crippen LogP contribution in [0.25, 0.3) is 33.4 Å². The Hall–Kier alpha value is -6.35. The number of hydrogen-bond acceptors (Lipinski definition) is 8. The maximum atomic E-state index is 13.5. The number of benzene rings is 6. The fourth-order valence-electron chi connectivity index (χ4n) is 6.02. The molecule has 6 aromatic carbocycles. The van der Waals surface area contributed by atoms with Crippen molar-refractivity contribution < 1.29 is 38.4 Å². The predicted octanol–water partition coefficient (Wildman–Crippen LogP) is 8.01. The van der Waals surface area contributed by atoms with Gasteiger partial charge in [0.25, 0.3) is 0 Å². The molecule has 0 aliphatic carbocycles. The Morgan fingerprint density at radius 3 is 1.15 bits per heavy atom. The van der Waals surface area contributed by atoms with Crippen LogP contribution in [-0.2, 0) is 18.9 Å². The van der Waals surface area contributed by atoms with Crippen molar-refractivity contribution in [2.45, 2.75) is 24.6 Å². The molecule has 1 fully saturated rings. The minimum absolute atomic E-state index is 0.224. The van der Waals surface area contributed by atoms with E-state index in [0.717, 1.165) is 33.4 Å². The lowest BCUT2D eigenvalue weighted by atomic mass is 10.0. The number of esters is 3. The SMILES string of the molecule is O=C(OC[C@@H]1OC(O)[C@@H](OC(=O)c2ccc(-c3ccccc3)cc2)[C@H]1OC(=O)c1ccc(-c2ccccc2)cc1)c1ccc(-c2ccccc2)cc1. The molecule has 52 heavy (non-hydrogen) atoms. The molecule has 0 radical (unpaired) electrons. The molecule has 1 heterocycles. The molecule has 0 bridgehead atoms. The van der Waals surface area contributed by atoms with Crippen molar-refractivity contribution in [1.29, 1.82) is 0 Å². The van der Waals surface area contributed by atoms with Gasteiger partial charge in [0.15, 0.2) is 18.5 Å². The highest BCUT2D eigenvalue weighted by molar-refractivity contribution is 5.92. The standard InChI is InChI=1S/C44H34O8/c45-41(35-22-16-32(17-23-35)29-10-4-1-5-11-29)49-28-38-39(51-42(46)36-24-18-33(19-25-36)30-12-6-2-7-13-30)40(44(48)50-38)52-43(47)37-26-20-34(21-27-37)31-14-8-3-9-15-31/h1-27,38-40,44,48H,28H2/t38-,39-,40-,44?/m0/s1. The summed E-state index contributed by atoms with van der Waals surface area (Å²) in [5, 5.41) is 11.0. The highest BCUT2D eigenvalue weighted by Crippen LogP contribution is 2.29. The van der Waals surface area contributed by atoms with Crippen molar-refractivity contribution in [3.63, 3.8) is 0 Å². The zero-order valence-electron chi connectivity index (χ0n) is 27.9. The molecule has 0 spiro atoms. The quantitative estimate of drug-likeness (QED) is 0.114. The average molecular weight is 691 g/mol. The topological polar surface area (TPSA) is 108 Å². The number of aliphatic hydroxyl groups excluding tert-OH is 1. The smallest absolute Gasteiger partial charge is 0.338 e. The van der Waals surface area contributed by atoms with Crippen LogP contribution < -0.4 is 0 Å². The van der Waals surface area contributed by atoms with Gasteiger partial charge < -0.3 is 24.1 Å². The van der Waals surface area contributed by atoms with E-state index in [0.29, 0.717) is 5.56 Å². The second-order valence-corrected chi connectivity index (χ2v) is 12.2. The summed E-state index contributed by atoms with van der Waals surface area (Å²) in [5.41, 5.74) is 6.47. The lowest BCUT2D eigenvalue weighted by molar-refractivity contribution is -0.135. The van der Waals surface area contributed by atoms with Crippen LogP contribution in [0.4, 0.5) is 0 Å². The van der Waals surface area contributed by atoms with Gasteiger partial charge in [0.05, 0.1) is 16.7 Å². The zero-order valence-corrected chi connectivity index (χ0v) is 27.9. The molecule has 7 rings (SSSR count). The van der Waals surface area contributed by atoms with Gasteiger partial charge in [-0.2, -0.15) is 0 Å². The fourth-order valence-corrected chi connectivity index (χ4v) is 6.02. The maximum absolute atomic E-state index is 13.5. The molecule has 8 nitrogen and oxygen atoms in total. The Balaban J connectivity index is 1.07. The minimum Gasteiger partial charge on any atom is -0.459 e. The van der Waals surface area contributed by atoms with E-state index < -0.39 is 42.5 Å². The van der Waals surface area contributed by atoms with Crippen molar-refractivity contribution in [2.24, 2.45) is 0 Å². The lowest BCUT2D eigenvalue weighted by Gasteiger charge is -2.23. The summed E-state index contributed by atoms with van der Waals surface area (Å²) >= 11 is 0. The van der Waals surface area contributed by atoms with Gasteiger partial charge in [-0.25, -0.2) is 14.4 Å². The molecule has 258 valence electrons. The van der Waals surface area contributed by atoms with E-state index in [1.54, 1.807) is 60.7 Å². The van der Waals surface area contributed by atoms with E-state index in [9.17, 15) is 19.5 Å². The summed E-state index contributed by atoms with van der Waals surface area (Å²) in [5.74, 6) is -2.13. The Morgan fingerprint density at radius 1 is 0.442 bits per heavy atom. The third-order valence-corrected chi connectivity index (χ3v) is 8.83. The lowest BCUT2D eigenvalue weighted by Crippen LogP contribution is -2.42. The third-order valence-electron chi connectivity index (χ3n) is 8.83. The second kappa shape index (κ2) is 15.7. The molecule has 1 aliphatic heterocycles. The molecule has 0 amide bonds. The maximum Gasteiger partial charge on any atom is 0.338 e. The van der Waals surface area contributed by atoms with Crippen LogP contribution in [-0.4, -0.2) is 54.2 Å². The van der Waals surface area contributed by atoms with Gasteiger partial charge in [0, 0.05) is 0 Å². The molecular formula is C44H34O8. The number of carbonyl (C=O) groups is 3. The van der Waals surface area contributed by atoms with Gasteiger partial charge in [0.1, 0.15) is 12.7 Å². The van der Waals surface area contributed by atoms with Crippen LogP contribution in [0.15, 0.2) is 164 Å². The highest BCUT2D eigenvalue weighted by atomic mass is 16.7. The Morgan fingerprint density at radius 2 is 0.769 bits per heavy atom. The first-order valence-corrected chi connectivity index (χ1v) is 16.8. The number of aliphatic hydroxyl groups is 1. The molecule has 4 atom stereocenters. The van der Waals surface area contributed by atoms with E-state index in [2.05, 4.69) is 0 Å². The van der Waals surface area contributed by atoms with Crippen molar-refractivity contribution in [2.75, 3.05) is 6.61 Å². The zero-order chi connectivity index (χ0) is 35.9. The van der Waals surface area contributed by atoms with Gasteiger partial charge in [-0.15, -0.1) is 0 Å². The van der Waals surface area contributed by atoms with Crippen LogP contribution in [0.1, 0.15) is 31.1 Å². The van der Waals surface area contributed by atoms with E-state index >= 15 is 0 Å². The van der Waals surface area contributed by atoms with E-state index in [-0.39, 0.29) is 17.7 Å². The molecule has 1 unspecified atom stereocenters. The van der Waals surface area contributed by atoms with Crippen molar-refractivity contribution in [1.82, 2.24) is 0 Å². The molecule has 1 aliphatic rings. The van der Waals surface area contributed by atoms with E-state index in [4.69, 9.17) is 18.9 Å². The molecular weight excluding hydrogens is 656 g/mol. The summed E-state index contributed by atoms with van der Waals surface area (Å²) in [4.78, 5) is 39.9. The van der Waals surface area contributed by atoms with Crippen LogP contribution in [0.3, 0.4) is 0 Å². The normalized spacial score (nSPS) is 17.9. The monoisotopic (exact) mass is 690 g/mol. The molecule has 0 saturated carbocycles. The van der Waals surface area contributed by atoms with E-state index in [1.807, 2.05) is 103 Å². The number of carbonyl (C=O) groups excluding carboxylic acids is 3. The number of ether oxygens (including phenoxy) is 4. The van der Waals surface area contributed by atoms with Crippen LogP contribution in [0.2, 0.25) is 0 Å². The molecule has 8 heteroatoms. The molecule has 1 saturated heterocycles. The van der Waals surface area contributed by atoms with Gasteiger partial charge in [-0.1, -0.05) is 127 Å². The predicted molar refractivity (Wildman–Crippen MR) is 195 cm³/mol. The Bertz CT molecular complexity index is 2120. The van der Waals surface area contributed by atoms with Gasteiger partial charge in [-0.3, -0.25) is 0 Å². The molecule has 0 aromatic heterocycles. The van der Waals surface area contributed by atoms with Gasteiger partial charge in [-0.05, 0) is 69.8 Å². The first kappa shape index (κ1) is 34.1. The first-order valence-electron chi connectivity index (χ1n) is 16.8. The Kier molecular flexibility index (Phi) is 10.3. The van der Waals surface area contributed by atoms with Crippen LogP contribution in [0, 0.1) is 0 Å². The second-order valence-electron chi connectivity index (χ2n) is 12.2. The Labute approximate surface area is 300 Å². The summed E-state index contributed by atoms with van der Waals surface area (Å²) in [7, 11) is 0. The first-order chi connectivity index (χ1) is 25.4. The summed E-state index contributed by atoms with van der Waals surface area (Å²) < 4.78 is 22.9. The van der Waals surface area contributed by atoms with Crippen LogP contribution in [0.5, 0.6) is 0 Å². The average Bonchev–Trinajstić information content (AvgIpc) is 3.50. The summed E-state index contributed by atoms with van der Waals surface area (Å²) in [6.07, 6.45) is -5.53. The number of hydrogen-bond donors (Lipinski definition) is 1. The largest absolute Gasteiger partial charge is 0.459 e. The van der Waals surface area contributed by atoms with Crippen molar-refractivity contribution in [3.8, 4) is 33.4 Å². The van der Waals surface area contributed by atoms with Gasteiger partial charge >= 0.3 is 17.9 Å². The fraction of sp³-hybridized carbons (Fsp3) is 0.114. The highest BCUT2D eigenvalue weighted by Gasteiger charge is 2.50. The van der Waals surface area contributed by atoms with E-state index in [1.165, 1.54) is 0 Å². The third kappa shape index (κ3) is 7.84. The van der Waals surface area contributed by atoms with Crippen molar-refractivity contribution in [3.05, 3.63) is 180 Å². The molecule has 1 N–H and O–H groups in total. The minimum atomic E-state index is -1.67. The van der Waals surface area contributed by atoms with Gasteiger partial charge in [0.2, 0.25) is 0 Å². The molecule has 6 aromatic rings. The number of rotatable bonds is 10. The summed E-state index contributed by atoms with van der Waals surface area (Å²) in [6.45, 7) is -0.388. The summed E-state index contributed by atoms with van der Waals surface area (Å²) in [6, 6.07) is 49.7. The van der Waals surface area contributed by atoms with Crippen LogP contribution >= 0.6 is 0 Å².